The van der Waals surface area contributed by atoms with Gasteiger partial charge < -0.3 is 10.8 Å². The summed E-state index contributed by atoms with van der Waals surface area (Å²) < 4.78 is 0. The Hall–Kier alpha value is -0.0800. The molecule has 0 bridgehead atoms. The Kier molecular flexibility index (Phi) is 2.86. The van der Waals surface area contributed by atoms with E-state index in [4.69, 9.17) is 5.73 Å². The molecule has 0 spiro atoms. The maximum atomic E-state index is 9.61. The van der Waals surface area contributed by atoms with Crippen molar-refractivity contribution in [1.82, 2.24) is 0 Å². The van der Waals surface area contributed by atoms with Gasteiger partial charge in [-0.15, -0.1) is 0 Å². The van der Waals surface area contributed by atoms with Gasteiger partial charge in [0, 0.05) is 5.54 Å². The Morgan fingerprint density at radius 2 is 1.50 bits per heavy atom. The molecule has 0 unspecified atom stereocenters. The van der Waals surface area contributed by atoms with Crippen molar-refractivity contribution < 1.29 is 5.11 Å². The van der Waals surface area contributed by atoms with E-state index in [1.54, 1.807) is 13.8 Å². The van der Waals surface area contributed by atoms with E-state index in [0.29, 0.717) is 0 Å². The molecule has 62 valence electrons. The molecule has 0 aromatic carbocycles. The van der Waals surface area contributed by atoms with Crippen LogP contribution < -0.4 is 5.73 Å². The van der Waals surface area contributed by atoms with E-state index in [0.717, 1.165) is 12.8 Å². The smallest absolute Gasteiger partial charge is 0.0770 e. The molecule has 0 rings (SSSR count). The molecule has 0 fully saturated rings. The van der Waals surface area contributed by atoms with E-state index >= 15 is 0 Å². The first-order valence-electron chi connectivity index (χ1n) is 3.88. The highest BCUT2D eigenvalue weighted by Gasteiger charge is 2.36. The summed E-state index contributed by atoms with van der Waals surface area (Å²) in [5.74, 6) is 0. The van der Waals surface area contributed by atoms with Crippen LogP contribution in [-0.4, -0.2) is 16.2 Å². The third kappa shape index (κ3) is 1.70. The molecule has 0 atom stereocenters. The van der Waals surface area contributed by atoms with Gasteiger partial charge in [0.05, 0.1) is 5.60 Å². The van der Waals surface area contributed by atoms with E-state index in [-0.39, 0.29) is 0 Å². The largest absolute Gasteiger partial charge is 0.389 e. The minimum Gasteiger partial charge on any atom is -0.389 e. The Morgan fingerprint density at radius 3 is 1.50 bits per heavy atom. The molecule has 0 aromatic rings. The van der Waals surface area contributed by atoms with Gasteiger partial charge in [-0.3, -0.25) is 0 Å². The van der Waals surface area contributed by atoms with E-state index in [9.17, 15) is 5.11 Å². The molecule has 0 aromatic heterocycles. The van der Waals surface area contributed by atoms with Crippen LogP contribution in [-0.2, 0) is 0 Å². The second-order valence-corrected chi connectivity index (χ2v) is 3.42. The Labute approximate surface area is 63.4 Å². The molecular formula is C8H19NO. The zero-order valence-electron chi connectivity index (χ0n) is 7.44. The van der Waals surface area contributed by atoms with Crippen LogP contribution in [0.4, 0.5) is 0 Å². The number of aliphatic hydroxyl groups is 1. The second-order valence-electron chi connectivity index (χ2n) is 3.42. The molecule has 0 aliphatic rings. The highest BCUT2D eigenvalue weighted by Crippen LogP contribution is 2.25. The van der Waals surface area contributed by atoms with Crippen LogP contribution >= 0.6 is 0 Å². The van der Waals surface area contributed by atoms with E-state index in [1.807, 2.05) is 13.8 Å². The van der Waals surface area contributed by atoms with Crippen molar-refractivity contribution in [3.63, 3.8) is 0 Å². The lowest BCUT2D eigenvalue weighted by Crippen LogP contribution is -2.56. The number of hydrogen-bond acceptors (Lipinski definition) is 2. The summed E-state index contributed by atoms with van der Waals surface area (Å²) in [6, 6.07) is 0. The molecule has 2 heteroatoms. The summed E-state index contributed by atoms with van der Waals surface area (Å²) in [5.41, 5.74) is 4.73. The van der Waals surface area contributed by atoms with Gasteiger partial charge >= 0.3 is 0 Å². The molecule has 0 heterocycles. The molecule has 10 heavy (non-hydrogen) atoms. The van der Waals surface area contributed by atoms with Gasteiger partial charge in [-0.1, -0.05) is 13.8 Å². The monoisotopic (exact) mass is 145 g/mol. The van der Waals surface area contributed by atoms with Gasteiger partial charge in [-0.2, -0.15) is 0 Å². The molecule has 0 radical (unpaired) electrons. The molecule has 3 N–H and O–H groups in total. The van der Waals surface area contributed by atoms with Crippen LogP contribution in [0.2, 0.25) is 0 Å². The fourth-order valence-corrected chi connectivity index (χ4v) is 1.12. The topological polar surface area (TPSA) is 46.2 Å². The first-order valence-corrected chi connectivity index (χ1v) is 3.88. The summed E-state index contributed by atoms with van der Waals surface area (Å²) >= 11 is 0. The predicted octanol–water partition coefficient (Wildman–Crippen LogP) is 1.27. The fourth-order valence-electron chi connectivity index (χ4n) is 1.12. The lowest BCUT2D eigenvalue weighted by molar-refractivity contribution is -0.00664. The Bertz CT molecular complexity index is 100. The maximum Gasteiger partial charge on any atom is 0.0770 e. The lowest BCUT2D eigenvalue weighted by atomic mass is 9.79. The van der Waals surface area contributed by atoms with Crippen LogP contribution in [0.5, 0.6) is 0 Å². The van der Waals surface area contributed by atoms with E-state index in [1.165, 1.54) is 0 Å². The van der Waals surface area contributed by atoms with E-state index < -0.39 is 11.1 Å². The summed E-state index contributed by atoms with van der Waals surface area (Å²) in [7, 11) is 0. The molecule has 0 aliphatic carbocycles. The molecule has 0 amide bonds. The third-order valence-corrected chi connectivity index (χ3v) is 2.48. The second kappa shape index (κ2) is 2.89. The van der Waals surface area contributed by atoms with Crippen molar-refractivity contribution in [3.8, 4) is 0 Å². The summed E-state index contributed by atoms with van der Waals surface area (Å²) in [5, 5.41) is 9.61. The zero-order valence-corrected chi connectivity index (χ0v) is 7.44. The van der Waals surface area contributed by atoms with Crippen molar-refractivity contribution in [3.05, 3.63) is 0 Å². The quantitative estimate of drug-likeness (QED) is 0.628. The van der Waals surface area contributed by atoms with Crippen molar-refractivity contribution in [1.29, 1.82) is 0 Å². The van der Waals surface area contributed by atoms with Crippen LogP contribution in [0.15, 0.2) is 0 Å². The number of hydrogen-bond donors (Lipinski definition) is 2. The molecule has 0 saturated carbocycles. The highest BCUT2D eigenvalue weighted by molar-refractivity contribution is 4.95. The summed E-state index contributed by atoms with van der Waals surface area (Å²) in [4.78, 5) is 0. The SMILES string of the molecule is CCC(N)(CC)C(C)(C)O. The minimum atomic E-state index is -0.767. The molecule has 0 aliphatic heterocycles. The van der Waals surface area contributed by atoms with Gasteiger partial charge in [-0.05, 0) is 26.7 Å². The average molecular weight is 145 g/mol. The lowest BCUT2D eigenvalue weighted by Gasteiger charge is -2.38. The van der Waals surface area contributed by atoms with Crippen molar-refractivity contribution in [2.24, 2.45) is 5.73 Å². The maximum absolute atomic E-state index is 9.61. The molecular weight excluding hydrogens is 126 g/mol. The Morgan fingerprint density at radius 1 is 1.20 bits per heavy atom. The molecule has 2 nitrogen and oxygen atoms in total. The highest BCUT2D eigenvalue weighted by atomic mass is 16.3. The van der Waals surface area contributed by atoms with Crippen molar-refractivity contribution >= 4 is 0 Å². The van der Waals surface area contributed by atoms with Gasteiger partial charge in [0.2, 0.25) is 0 Å². The Balaban J connectivity index is 4.33. The van der Waals surface area contributed by atoms with Crippen LogP contribution in [0.3, 0.4) is 0 Å². The average Bonchev–Trinajstić information content (AvgIpc) is 1.84. The van der Waals surface area contributed by atoms with Gasteiger partial charge in [0.25, 0.3) is 0 Å². The van der Waals surface area contributed by atoms with Crippen molar-refractivity contribution in [2.75, 3.05) is 0 Å². The minimum absolute atomic E-state index is 0.424. The zero-order chi connectivity index (χ0) is 8.41. The van der Waals surface area contributed by atoms with Gasteiger partial charge in [-0.25, -0.2) is 0 Å². The number of rotatable bonds is 3. The standard InChI is InChI=1S/C8H19NO/c1-5-8(9,6-2)7(3,4)10/h10H,5-6,9H2,1-4H3. The first kappa shape index (κ1) is 9.92. The van der Waals surface area contributed by atoms with Crippen molar-refractivity contribution in [2.45, 2.75) is 51.7 Å². The van der Waals surface area contributed by atoms with Crippen LogP contribution in [0.25, 0.3) is 0 Å². The normalized spacial score (nSPS) is 13.8. The van der Waals surface area contributed by atoms with E-state index in [2.05, 4.69) is 0 Å². The first-order chi connectivity index (χ1) is 4.37. The summed E-state index contributed by atoms with van der Waals surface area (Å²) in [6.07, 6.45) is 1.62. The summed E-state index contributed by atoms with van der Waals surface area (Å²) in [6.45, 7) is 7.53. The van der Waals surface area contributed by atoms with Gasteiger partial charge in [0.1, 0.15) is 0 Å². The fraction of sp³-hybridized carbons (Fsp3) is 1.00. The molecule has 0 saturated heterocycles. The van der Waals surface area contributed by atoms with Crippen LogP contribution in [0, 0.1) is 0 Å². The number of nitrogens with two attached hydrogens (primary N) is 1. The third-order valence-electron chi connectivity index (χ3n) is 2.48. The predicted molar refractivity (Wildman–Crippen MR) is 43.8 cm³/mol. The van der Waals surface area contributed by atoms with Gasteiger partial charge in [0.15, 0.2) is 0 Å². The van der Waals surface area contributed by atoms with Crippen LogP contribution in [0.1, 0.15) is 40.5 Å².